The molecule has 0 aliphatic carbocycles. The molecule has 10 heteroatoms. The van der Waals surface area contributed by atoms with Crippen molar-refractivity contribution in [2.75, 3.05) is 28.4 Å². The van der Waals surface area contributed by atoms with E-state index >= 15 is 0 Å². The molecule has 0 bridgehead atoms. The molecule has 0 unspecified atom stereocenters. The van der Waals surface area contributed by atoms with Gasteiger partial charge in [-0.1, -0.05) is 186 Å². The number of aliphatic hydroxyl groups excluding tert-OH is 1. The van der Waals surface area contributed by atoms with E-state index in [1.165, 1.54) is 21.3 Å². The van der Waals surface area contributed by atoms with Crippen molar-refractivity contribution in [3.05, 3.63) is 38.0 Å². The SMILES string of the molecule is C=CC(=O)OC.C=CC(=O)OC(=O)C=C.CC.CC.CC.CC.CC.CC.CC.CC.CC.CC.CC.CC.CO.COC(=O)CCCCC(=O)OC. The first-order valence-electron chi connectivity index (χ1n) is 20.0. The predicted octanol–water partition coefficient (Wildman–Crippen LogP) is 13.6. The molecule has 1 N–H and O–H groups in total. The van der Waals surface area contributed by atoms with Crippen molar-refractivity contribution in [2.45, 2.75) is 192 Å². The number of ether oxygens (including phenoxy) is 4. The second-order valence-corrected chi connectivity index (χ2v) is 4.24. The van der Waals surface area contributed by atoms with E-state index in [4.69, 9.17) is 5.11 Å². The van der Waals surface area contributed by atoms with Crippen LogP contribution in [0.5, 0.6) is 0 Å². The molecule has 0 aromatic rings. The lowest BCUT2D eigenvalue weighted by molar-refractivity contribution is -0.152. The Balaban J connectivity index is -0.0000000214. The van der Waals surface area contributed by atoms with Crippen molar-refractivity contribution < 1.29 is 48.0 Å². The summed E-state index contributed by atoms with van der Waals surface area (Å²) in [6.45, 7) is 57.3. The minimum Gasteiger partial charge on any atom is -0.469 e. The van der Waals surface area contributed by atoms with Gasteiger partial charge in [-0.25, -0.2) is 14.4 Å². The molecule has 0 radical (unpaired) electrons. The Morgan fingerprint density at radius 1 is 0.377 bits per heavy atom. The van der Waals surface area contributed by atoms with Gasteiger partial charge in [-0.2, -0.15) is 0 Å². The number of carbonyl (C=O) groups excluding carboxylic acids is 5. The number of hydrogen-bond donors (Lipinski definition) is 1. The zero-order valence-electron chi connectivity index (χ0n) is 41.3. The summed E-state index contributed by atoms with van der Waals surface area (Å²) in [6, 6.07) is 0. The molecule has 0 atom stereocenters. The van der Waals surface area contributed by atoms with Crippen molar-refractivity contribution in [2.24, 2.45) is 0 Å². The fraction of sp³-hybridized carbons (Fsp3) is 0.744. The molecular formula is C43H102O10. The average molecular weight is 779 g/mol. The summed E-state index contributed by atoms with van der Waals surface area (Å²) in [7, 11) is 5.01. The van der Waals surface area contributed by atoms with E-state index < -0.39 is 17.9 Å². The molecule has 0 saturated heterocycles. The van der Waals surface area contributed by atoms with E-state index in [9.17, 15) is 24.0 Å². The normalized spacial score (nSPS) is 5.60. The second-order valence-electron chi connectivity index (χ2n) is 4.24. The second kappa shape index (κ2) is 215. The van der Waals surface area contributed by atoms with Crippen LogP contribution in [0.3, 0.4) is 0 Å². The van der Waals surface area contributed by atoms with Gasteiger partial charge < -0.3 is 24.1 Å². The average Bonchev–Trinajstić information content (AvgIpc) is 3.31. The molecule has 0 spiro atoms. The summed E-state index contributed by atoms with van der Waals surface area (Å²) < 4.78 is 17.0. The molecule has 0 aromatic heterocycles. The summed E-state index contributed by atoms with van der Waals surface area (Å²) >= 11 is 0. The van der Waals surface area contributed by atoms with E-state index in [0.717, 1.165) is 25.3 Å². The number of methoxy groups -OCH3 is 3. The van der Waals surface area contributed by atoms with Gasteiger partial charge in [-0.15, -0.1) is 0 Å². The van der Waals surface area contributed by atoms with Gasteiger partial charge in [0.05, 0.1) is 21.3 Å². The Bertz CT molecular complexity index is 497. The number of hydrogen-bond acceptors (Lipinski definition) is 10. The van der Waals surface area contributed by atoms with Gasteiger partial charge in [0.15, 0.2) is 0 Å². The molecule has 0 heterocycles. The van der Waals surface area contributed by atoms with Crippen LogP contribution >= 0.6 is 0 Å². The Labute approximate surface area is 335 Å². The van der Waals surface area contributed by atoms with Crippen LogP contribution in [-0.2, 0) is 42.9 Å². The Morgan fingerprint density at radius 2 is 0.547 bits per heavy atom. The van der Waals surface area contributed by atoms with Crippen LogP contribution in [0.4, 0.5) is 0 Å². The largest absolute Gasteiger partial charge is 0.469 e. The Hall–Kier alpha value is -3.27. The maximum absolute atomic E-state index is 10.6. The predicted molar refractivity (Wildman–Crippen MR) is 241 cm³/mol. The van der Waals surface area contributed by atoms with Gasteiger partial charge in [0.1, 0.15) is 0 Å². The minimum absolute atomic E-state index is 0.236. The molecule has 0 aliphatic heterocycles. The number of carbonyl (C=O) groups is 5. The molecule has 10 nitrogen and oxygen atoms in total. The molecule has 53 heavy (non-hydrogen) atoms. The molecule has 334 valence electrons. The van der Waals surface area contributed by atoms with Crippen LogP contribution in [0, 0.1) is 0 Å². The number of unbranched alkanes of at least 4 members (excludes halogenated alkanes) is 1. The lowest BCUT2D eigenvalue weighted by atomic mass is 10.2. The molecular weight excluding hydrogens is 676 g/mol. The van der Waals surface area contributed by atoms with Crippen LogP contribution in [0.1, 0.15) is 192 Å². The Kier molecular flexibility index (Phi) is 421. The van der Waals surface area contributed by atoms with Crippen LogP contribution in [0.2, 0.25) is 0 Å². The fourth-order valence-electron chi connectivity index (χ4n) is 1.01. The highest BCUT2D eigenvalue weighted by Crippen LogP contribution is 2.01. The smallest absolute Gasteiger partial charge is 0.338 e. The first kappa shape index (κ1) is 104. The maximum Gasteiger partial charge on any atom is 0.338 e. The standard InChI is InChI=1S/C8H14O4.C6H6O3.C4H6O2.12C2H6.CH4O/c1-11-7(9)5-3-4-6-8(10)12-2;1-3-5(7)9-6(8)4-2;1-3-4(5)6-2;13*1-2/h3-6H2,1-2H3;3-4H,1-2H2;3H,1H2,2H3;12*1-2H3;2H,1H3. The van der Waals surface area contributed by atoms with Crippen molar-refractivity contribution in [3.63, 3.8) is 0 Å². The van der Waals surface area contributed by atoms with Crippen molar-refractivity contribution >= 4 is 29.8 Å². The van der Waals surface area contributed by atoms with Crippen LogP contribution in [-0.4, -0.2) is 63.4 Å². The van der Waals surface area contributed by atoms with Crippen molar-refractivity contribution in [1.82, 2.24) is 0 Å². The van der Waals surface area contributed by atoms with Crippen LogP contribution < -0.4 is 0 Å². The summed E-state index contributed by atoms with van der Waals surface area (Å²) in [6.07, 6.45) is 4.99. The lowest BCUT2D eigenvalue weighted by Gasteiger charge is -1.98. The van der Waals surface area contributed by atoms with Gasteiger partial charge in [-0.05, 0) is 12.8 Å². The first-order valence-corrected chi connectivity index (χ1v) is 20.0. The molecule has 0 fully saturated rings. The third-order valence-electron chi connectivity index (χ3n) is 2.37. The summed E-state index contributed by atoms with van der Waals surface area (Å²) in [5.74, 6) is -2.39. The van der Waals surface area contributed by atoms with E-state index in [1.807, 2.05) is 166 Å². The highest BCUT2D eigenvalue weighted by Gasteiger charge is 2.02. The van der Waals surface area contributed by atoms with Crippen LogP contribution in [0.25, 0.3) is 0 Å². The lowest BCUT2D eigenvalue weighted by Crippen LogP contribution is -2.05. The number of esters is 5. The van der Waals surface area contributed by atoms with Gasteiger partial charge in [0.25, 0.3) is 0 Å². The third-order valence-corrected chi connectivity index (χ3v) is 2.37. The first-order chi connectivity index (χ1) is 25.7. The van der Waals surface area contributed by atoms with Crippen LogP contribution in [0.15, 0.2) is 38.0 Å². The summed E-state index contributed by atoms with van der Waals surface area (Å²) in [5.41, 5.74) is 0. The molecule has 0 amide bonds. The van der Waals surface area contributed by atoms with Crippen molar-refractivity contribution in [3.8, 4) is 0 Å². The molecule has 0 rings (SSSR count). The third kappa shape index (κ3) is 273. The maximum atomic E-state index is 10.6. The highest BCUT2D eigenvalue weighted by atomic mass is 16.6. The summed E-state index contributed by atoms with van der Waals surface area (Å²) in [5, 5.41) is 7.00. The fourth-order valence-corrected chi connectivity index (χ4v) is 1.01. The van der Waals surface area contributed by atoms with E-state index in [0.29, 0.717) is 25.7 Å². The zero-order chi connectivity index (χ0) is 47.7. The van der Waals surface area contributed by atoms with Gasteiger partial charge in [-0.3, -0.25) is 9.59 Å². The quantitative estimate of drug-likeness (QED) is 0.0831. The monoisotopic (exact) mass is 779 g/mol. The molecule has 0 saturated carbocycles. The topological polar surface area (TPSA) is 142 Å². The summed E-state index contributed by atoms with van der Waals surface area (Å²) in [4.78, 5) is 51.4. The molecule has 0 aromatic carbocycles. The zero-order valence-corrected chi connectivity index (χ0v) is 41.3. The van der Waals surface area contributed by atoms with E-state index in [-0.39, 0.29) is 11.9 Å². The van der Waals surface area contributed by atoms with Crippen molar-refractivity contribution in [1.29, 1.82) is 0 Å². The van der Waals surface area contributed by atoms with E-state index in [1.54, 1.807) is 0 Å². The van der Waals surface area contributed by atoms with Gasteiger partial charge in [0.2, 0.25) is 0 Å². The highest BCUT2D eigenvalue weighted by molar-refractivity contribution is 5.95. The number of aliphatic hydroxyl groups is 1. The number of rotatable bonds is 8. The van der Waals surface area contributed by atoms with Gasteiger partial charge >= 0.3 is 29.8 Å². The Morgan fingerprint density at radius 3 is 0.642 bits per heavy atom. The van der Waals surface area contributed by atoms with Gasteiger partial charge in [0, 0.05) is 38.2 Å². The minimum atomic E-state index is -0.764. The molecule has 0 aliphatic rings. The van der Waals surface area contributed by atoms with E-state index in [2.05, 4.69) is 38.7 Å².